The Kier molecular flexibility index (Phi) is 5.82. The van der Waals surface area contributed by atoms with Gasteiger partial charge in [-0.15, -0.1) is 0 Å². The van der Waals surface area contributed by atoms with Crippen molar-refractivity contribution in [1.29, 1.82) is 0 Å². The molecule has 1 N–H and O–H groups in total. The lowest BCUT2D eigenvalue weighted by atomic mass is 10.2. The number of carbonyl (C=O) groups excluding carboxylic acids is 2. The molecule has 0 aromatic carbocycles. The summed E-state index contributed by atoms with van der Waals surface area (Å²) in [6.45, 7) is 0.145. The first-order chi connectivity index (χ1) is 8.36. The van der Waals surface area contributed by atoms with Crippen LogP contribution in [0.5, 0.6) is 0 Å². The molecule has 0 aromatic rings. The van der Waals surface area contributed by atoms with E-state index in [1.54, 1.807) is 0 Å². The van der Waals surface area contributed by atoms with Gasteiger partial charge in [0.05, 0.1) is 0 Å². The van der Waals surface area contributed by atoms with Crippen molar-refractivity contribution in [2.75, 3.05) is 7.05 Å². The molecule has 1 atom stereocenters. The van der Waals surface area contributed by atoms with E-state index in [9.17, 15) is 9.59 Å². The second-order valence-electron chi connectivity index (χ2n) is 4.17. The molecule has 1 saturated carbocycles. The van der Waals surface area contributed by atoms with E-state index in [1.807, 2.05) is 0 Å². The van der Waals surface area contributed by atoms with Crippen molar-refractivity contribution in [3.05, 3.63) is 0 Å². The number of hydrogen-bond acceptors (Lipinski definition) is 3. The van der Waals surface area contributed by atoms with Gasteiger partial charge in [-0.25, -0.2) is 4.79 Å². The van der Waals surface area contributed by atoms with E-state index in [4.69, 9.17) is 34.8 Å². The highest BCUT2D eigenvalue weighted by Gasteiger charge is 2.40. The molecule has 0 saturated heterocycles. The normalized spacial score (nSPS) is 18.2. The van der Waals surface area contributed by atoms with Crippen LogP contribution in [-0.2, 0) is 9.53 Å². The third-order valence-electron chi connectivity index (χ3n) is 2.82. The third kappa shape index (κ3) is 4.37. The minimum atomic E-state index is -1.90. The number of hydrogen-bond donors (Lipinski definition) is 1. The smallest absolute Gasteiger partial charge is 0.320 e. The minimum absolute atomic E-state index is 0.132. The molecule has 0 bridgehead atoms. The maximum atomic E-state index is 11.9. The topological polar surface area (TPSA) is 58.6 Å². The van der Waals surface area contributed by atoms with Gasteiger partial charge in [-0.1, -0.05) is 47.6 Å². The summed E-state index contributed by atoms with van der Waals surface area (Å²) < 4.78 is 2.74. The Bertz CT molecular complexity index is 303. The Hall–Kier alpha value is -0.390. The number of alkyl halides is 3. The predicted octanol–water partition coefficient (Wildman–Crippen LogP) is 2.44. The van der Waals surface area contributed by atoms with Crippen LogP contribution < -0.4 is 5.32 Å². The van der Waals surface area contributed by atoms with Crippen molar-refractivity contribution in [1.82, 2.24) is 10.2 Å². The van der Waals surface area contributed by atoms with Crippen molar-refractivity contribution in [3.63, 3.8) is 0 Å². The molecule has 1 aliphatic carbocycles. The van der Waals surface area contributed by atoms with Gasteiger partial charge in [0.15, 0.2) is 0 Å². The summed E-state index contributed by atoms with van der Waals surface area (Å²) in [5.74, 6) is 0. The molecular weight excluding hydrogens is 302 g/mol. The zero-order chi connectivity index (χ0) is 13.8. The van der Waals surface area contributed by atoms with Crippen LogP contribution in [0.4, 0.5) is 4.79 Å². The van der Waals surface area contributed by atoms with Gasteiger partial charge in [-0.05, 0) is 12.8 Å². The van der Waals surface area contributed by atoms with Crippen molar-refractivity contribution >= 4 is 47.3 Å². The van der Waals surface area contributed by atoms with Gasteiger partial charge in [0.25, 0.3) is 6.47 Å². The molecule has 0 aromatic heterocycles. The second kappa shape index (κ2) is 6.68. The summed E-state index contributed by atoms with van der Waals surface area (Å²) >= 11 is 17.0. The number of halogens is 3. The molecular formula is C10H15Cl3N2O3. The molecule has 1 aliphatic rings. The Labute approximate surface area is 121 Å². The van der Waals surface area contributed by atoms with E-state index in [0.29, 0.717) is 0 Å². The summed E-state index contributed by atoms with van der Waals surface area (Å²) in [6.07, 6.45) is 2.79. The fourth-order valence-corrected chi connectivity index (χ4v) is 2.49. The molecule has 1 rings (SSSR count). The first-order valence-corrected chi connectivity index (χ1v) is 6.68. The van der Waals surface area contributed by atoms with Gasteiger partial charge in [0.1, 0.15) is 0 Å². The maximum absolute atomic E-state index is 11.9. The highest BCUT2D eigenvalue weighted by atomic mass is 35.6. The fourth-order valence-electron chi connectivity index (χ4n) is 1.89. The molecule has 104 valence electrons. The van der Waals surface area contributed by atoms with Crippen LogP contribution in [0, 0.1) is 0 Å². The number of urea groups is 1. The Morgan fingerprint density at radius 1 is 1.44 bits per heavy atom. The Morgan fingerprint density at radius 2 is 2.00 bits per heavy atom. The predicted molar refractivity (Wildman–Crippen MR) is 69.8 cm³/mol. The van der Waals surface area contributed by atoms with Crippen molar-refractivity contribution < 1.29 is 14.3 Å². The number of nitrogens with zero attached hydrogens (tertiary/aromatic N) is 1. The van der Waals surface area contributed by atoms with Crippen molar-refractivity contribution in [2.24, 2.45) is 0 Å². The standard InChI is InChI=1S/C10H15Cl3N2O3/c1-15(8(18-6-16)10(11,12)13)9(17)14-7-4-2-3-5-7/h6-8H,2-5H2,1H3,(H,14,17). The van der Waals surface area contributed by atoms with E-state index in [0.717, 1.165) is 30.6 Å². The molecule has 0 heterocycles. The average molecular weight is 318 g/mol. The molecule has 1 unspecified atom stereocenters. The number of rotatable bonds is 4. The van der Waals surface area contributed by atoms with Crippen LogP contribution in [0.3, 0.4) is 0 Å². The third-order valence-corrected chi connectivity index (χ3v) is 3.38. The van der Waals surface area contributed by atoms with E-state index >= 15 is 0 Å². The lowest BCUT2D eigenvalue weighted by molar-refractivity contribution is -0.139. The van der Waals surface area contributed by atoms with E-state index in [2.05, 4.69) is 10.1 Å². The van der Waals surface area contributed by atoms with Crippen LogP contribution in [0.2, 0.25) is 0 Å². The highest BCUT2D eigenvalue weighted by molar-refractivity contribution is 6.68. The quantitative estimate of drug-likeness (QED) is 0.492. The SMILES string of the molecule is CN(C(=O)NC1CCCC1)C(OC=O)C(Cl)(Cl)Cl. The lowest BCUT2D eigenvalue weighted by Crippen LogP contribution is -2.52. The number of amides is 2. The monoisotopic (exact) mass is 316 g/mol. The van der Waals surface area contributed by atoms with E-state index < -0.39 is 16.1 Å². The van der Waals surface area contributed by atoms with E-state index in [-0.39, 0.29) is 12.5 Å². The lowest BCUT2D eigenvalue weighted by Gasteiger charge is -2.31. The summed E-state index contributed by atoms with van der Waals surface area (Å²) in [5, 5.41) is 2.80. The molecule has 0 spiro atoms. The summed E-state index contributed by atoms with van der Waals surface area (Å²) in [4.78, 5) is 23.4. The van der Waals surface area contributed by atoms with Gasteiger partial charge < -0.3 is 10.1 Å². The van der Waals surface area contributed by atoms with Crippen molar-refractivity contribution in [2.45, 2.75) is 41.7 Å². The van der Waals surface area contributed by atoms with Crippen LogP contribution >= 0.6 is 34.8 Å². The number of nitrogens with one attached hydrogen (secondary N) is 1. The van der Waals surface area contributed by atoms with Crippen LogP contribution in [-0.4, -0.2) is 40.5 Å². The molecule has 18 heavy (non-hydrogen) atoms. The number of ether oxygens (including phenoxy) is 1. The molecule has 8 heteroatoms. The average Bonchev–Trinajstić information content (AvgIpc) is 2.76. The van der Waals surface area contributed by atoms with Crippen molar-refractivity contribution in [3.8, 4) is 0 Å². The molecule has 0 radical (unpaired) electrons. The Morgan fingerprint density at radius 3 is 2.44 bits per heavy atom. The van der Waals surface area contributed by atoms with Gasteiger partial charge in [-0.3, -0.25) is 9.69 Å². The first kappa shape index (κ1) is 15.7. The summed E-state index contributed by atoms with van der Waals surface area (Å²) in [6, 6.07) is -0.299. The van der Waals surface area contributed by atoms with Crippen LogP contribution in [0.1, 0.15) is 25.7 Å². The summed E-state index contributed by atoms with van der Waals surface area (Å²) in [5.41, 5.74) is 0. The Balaban J connectivity index is 2.60. The van der Waals surface area contributed by atoms with Gasteiger partial charge >= 0.3 is 6.03 Å². The minimum Gasteiger partial charge on any atom is -0.439 e. The number of carbonyl (C=O) groups is 2. The van der Waals surface area contributed by atoms with Gasteiger partial charge in [-0.2, -0.15) is 0 Å². The summed E-state index contributed by atoms with van der Waals surface area (Å²) in [7, 11) is 1.40. The highest BCUT2D eigenvalue weighted by Crippen LogP contribution is 2.33. The van der Waals surface area contributed by atoms with Crippen LogP contribution in [0.25, 0.3) is 0 Å². The largest absolute Gasteiger partial charge is 0.439 e. The zero-order valence-electron chi connectivity index (χ0n) is 9.87. The molecule has 0 aliphatic heterocycles. The molecule has 2 amide bonds. The first-order valence-electron chi connectivity index (χ1n) is 5.55. The molecule has 5 nitrogen and oxygen atoms in total. The fraction of sp³-hybridized carbons (Fsp3) is 0.800. The van der Waals surface area contributed by atoms with Gasteiger partial charge in [0, 0.05) is 13.1 Å². The maximum Gasteiger partial charge on any atom is 0.320 e. The van der Waals surface area contributed by atoms with Crippen LogP contribution in [0.15, 0.2) is 0 Å². The van der Waals surface area contributed by atoms with E-state index in [1.165, 1.54) is 7.05 Å². The molecule has 1 fully saturated rings. The zero-order valence-corrected chi connectivity index (χ0v) is 12.1. The van der Waals surface area contributed by atoms with Gasteiger partial charge in [0.2, 0.25) is 10.0 Å². The second-order valence-corrected chi connectivity index (χ2v) is 6.54.